The molecule has 2 heterocycles. The minimum absolute atomic E-state index is 0.130. The van der Waals surface area contributed by atoms with Crippen LogP contribution in [0.4, 0.5) is 4.39 Å². The van der Waals surface area contributed by atoms with Gasteiger partial charge in [0.2, 0.25) is 0 Å². The van der Waals surface area contributed by atoms with Crippen LogP contribution in [-0.4, -0.2) is 19.7 Å². The average Bonchev–Trinajstić information content (AvgIpc) is 2.82. The molecule has 1 aromatic carbocycles. The molecular weight excluding hydrogens is 283 g/mol. The lowest BCUT2D eigenvalue weighted by Gasteiger charge is -2.07. The van der Waals surface area contributed by atoms with Gasteiger partial charge in [0.25, 0.3) is 5.56 Å². The maximum Gasteiger partial charge on any atom is 0.261 e. The van der Waals surface area contributed by atoms with E-state index in [9.17, 15) is 9.18 Å². The highest BCUT2D eigenvalue weighted by Gasteiger charge is 2.09. The Kier molecular flexibility index (Phi) is 3.75. The third kappa shape index (κ3) is 2.52. The van der Waals surface area contributed by atoms with Crippen LogP contribution in [0.1, 0.15) is 23.4 Å². The molecule has 0 spiro atoms. The second kappa shape index (κ2) is 5.71. The maximum atomic E-state index is 13.6. The summed E-state index contributed by atoms with van der Waals surface area (Å²) in [4.78, 5) is 16.4. The molecule has 0 saturated carbocycles. The van der Waals surface area contributed by atoms with E-state index in [0.717, 1.165) is 24.2 Å². The van der Waals surface area contributed by atoms with Crippen molar-refractivity contribution in [2.45, 2.75) is 33.2 Å². The van der Waals surface area contributed by atoms with Crippen LogP contribution in [-0.2, 0) is 13.0 Å². The van der Waals surface area contributed by atoms with E-state index in [0.29, 0.717) is 11.9 Å². The van der Waals surface area contributed by atoms with E-state index in [1.54, 1.807) is 6.07 Å². The third-order valence-corrected chi connectivity index (χ3v) is 3.91. The van der Waals surface area contributed by atoms with Crippen molar-refractivity contribution in [1.82, 2.24) is 19.7 Å². The number of fused-ring (bicyclic) bond motifs is 1. The smallest absolute Gasteiger partial charge is 0.261 e. The number of benzene rings is 1. The van der Waals surface area contributed by atoms with Crippen LogP contribution in [0.3, 0.4) is 0 Å². The Balaban J connectivity index is 1.80. The molecule has 0 radical (unpaired) electrons. The van der Waals surface area contributed by atoms with Gasteiger partial charge >= 0.3 is 0 Å². The highest BCUT2D eigenvalue weighted by Crippen LogP contribution is 2.13. The number of para-hydroxylation sites is 1. The van der Waals surface area contributed by atoms with Gasteiger partial charge in [-0.1, -0.05) is 6.07 Å². The molecule has 0 atom stereocenters. The molecule has 0 aliphatic carbocycles. The molecule has 0 aliphatic rings. The van der Waals surface area contributed by atoms with Gasteiger partial charge in [-0.15, -0.1) is 0 Å². The Hall–Kier alpha value is -2.50. The van der Waals surface area contributed by atoms with Crippen molar-refractivity contribution in [2.24, 2.45) is 0 Å². The summed E-state index contributed by atoms with van der Waals surface area (Å²) in [6.07, 6.45) is 3.05. The lowest BCUT2D eigenvalue weighted by Crippen LogP contribution is -2.21. The number of nitrogens with one attached hydrogen (secondary N) is 1. The van der Waals surface area contributed by atoms with Gasteiger partial charge < -0.3 is 0 Å². The first-order chi connectivity index (χ1) is 10.6. The predicted molar refractivity (Wildman–Crippen MR) is 82.3 cm³/mol. The second-order valence-electron chi connectivity index (χ2n) is 5.40. The van der Waals surface area contributed by atoms with Gasteiger partial charge in [-0.2, -0.15) is 5.10 Å². The normalized spacial score (nSPS) is 11.2. The van der Waals surface area contributed by atoms with Crippen molar-refractivity contribution in [1.29, 1.82) is 0 Å². The van der Waals surface area contributed by atoms with E-state index in [-0.39, 0.29) is 11.1 Å². The molecule has 114 valence electrons. The number of H-pyrrole nitrogens is 1. The third-order valence-electron chi connectivity index (χ3n) is 3.91. The van der Waals surface area contributed by atoms with Gasteiger partial charge in [-0.3, -0.25) is 14.5 Å². The summed E-state index contributed by atoms with van der Waals surface area (Å²) < 4.78 is 15.1. The van der Waals surface area contributed by atoms with Crippen molar-refractivity contribution in [3.63, 3.8) is 0 Å². The highest BCUT2D eigenvalue weighted by atomic mass is 19.1. The van der Waals surface area contributed by atoms with Crippen molar-refractivity contribution in [3.8, 4) is 0 Å². The fourth-order valence-electron chi connectivity index (χ4n) is 2.68. The largest absolute Gasteiger partial charge is 0.299 e. The minimum Gasteiger partial charge on any atom is -0.299 e. The summed E-state index contributed by atoms with van der Waals surface area (Å²) in [5.41, 5.74) is 3.16. The van der Waals surface area contributed by atoms with Crippen LogP contribution in [0.5, 0.6) is 0 Å². The standard InChI is InChI=1S/C16H17FN4O/c1-10-12(11(2)20-19-10)6-4-8-21-9-18-15-13(16(21)22)5-3-7-14(15)17/h3,5,7,9H,4,6,8H2,1-2H3,(H,19,20). The number of halogens is 1. The topological polar surface area (TPSA) is 63.6 Å². The average molecular weight is 300 g/mol. The lowest BCUT2D eigenvalue weighted by atomic mass is 10.1. The number of aromatic nitrogens is 4. The number of hydrogen-bond acceptors (Lipinski definition) is 3. The number of nitrogens with zero attached hydrogens (tertiary/aromatic N) is 3. The molecule has 0 amide bonds. The fourth-order valence-corrected chi connectivity index (χ4v) is 2.68. The Labute approximate surface area is 126 Å². The number of rotatable bonds is 4. The van der Waals surface area contributed by atoms with Crippen LogP contribution in [0.15, 0.2) is 29.3 Å². The van der Waals surface area contributed by atoms with Gasteiger partial charge in [0.05, 0.1) is 17.4 Å². The molecule has 5 nitrogen and oxygen atoms in total. The molecule has 0 unspecified atom stereocenters. The second-order valence-corrected chi connectivity index (χ2v) is 5.40. The summed E-state index contributed by atoms with van der Waals surface area (Å²) in [7, 11) is 0. The van der Waals surface area contributed by atoms with Gasteiger partial charge in [-0.05, 0) is 44.4 Å². The lowest BCUT2D eigenvalue weighted by molar-refractivity contribution is 0.609. The van der Waals surface area contributed by atoms with E-state index >= 15 is 0 Å². The van der Waals surface area contributed by atoms with Crippen LogP contribution in [0, 0.1) is 19.7 Å². The molecule has 3 aromatic rings. The Morgan fingerprint density at radius 3 is 2.86 bits per heavy atom. The molecule has 0 aliphatic heterocycles. The molecule has 0 fully saturated rings. The number of aryl methyl sites for hydroxylation is 3. The van der Waals surface area contributed by atoms with Crippen LogP contribution >= 0.6 is 0 Å². The monoisotopic (exact) mass is 300 g/mol. The van der Waals surface area contributed by atoms with Gasteiger partial charge in [0, 0.05) is 12.2 Å². The van der Waals surface area contributed by atoms with E-state index in [2.05, 4.69) is 15.2 Å². The first-order valence-corrected chi connectivity index (χ1v) is 7.22. The summed E-state index contributed by atoms with van der Waals surface area (Å²) >= 11 is 0. The summed E-state index contributed by atoms with van der Waals surface area (Å²) in [5.74, 6) is -0.466. The number of hydrogen-bond donors (Lipinski definition) is 1. The van der Waals surface area contributed by atoms with Crippen molar-refractivity contribution >= 4 is 10.9 Å². The highest BCUT2D eigenvalue weighted by molar-refractivity contribution is 5.77. The van der Waals surface area contributed by atoms with Gasteiger partial charge in [0.15, 0.2) is 0 Å². The molecule has 3 rings (SSSR count). The zero-order valence-electron chi connectivity index (χ0n) is 12.6. The number of aromatic amines is 1. The van der Waals surface area contributed by atoms with Crippen molar-refractivity contribution in [3.05, 3.63) is 57.6 Å². The minimum atomic E-state index is -0.466. The quantitative estimate of drug-likeness (QED) is 0.805. The molecule has 0 bridgehead atoms. The summed E-state index contributed by atoms with van der Waals surface area (Å²) in [6, 6.07) is 4.45. The Morgan fingerprint density at radius 1 is 1.32 bits per heavy atom. The molecule has 22 heavy (non-hydrogen) atoms. The zero-order chi connectivity index (χ0) is 15.7. The Bertz CT molecular complexity index is 862. The van der Waals surface area contributed by atoms with E-state index in [1.165, 1.54) is 28.6 Å². The van der Waals surface area contributed by atoms with E-state index in [1.807, 2.05) is 13.8 Å². The first-order valence-electron chi connectivity index (χ1n) is 7.22. The summed E-state index contributed by atoms with van der Waals surface area (Å²) in [6.45, 7) is 4.50. The van der Waals surface area contributed by atoms with Crippen LogP contribution in [0.2, 0.25) is 0 Å². The fraction of sp³-hybridized carbons (Fsp3) is 0.312. The maximum absolute atomic E-state index is 13.6. The predicted octanol–water partition coefficient (Wildman–Crippen LogP) is 2.51. The van der Waals surface area contributed by atoms with Crippen molar-refractivity contribution in [2.75, 3.05) is 0 Å². The first kappa shape index (κ1) is 14.4. The summed E-state index contributed by atoms with van der Waals surface area (Å²) in [5, 5.41) is 7.44. The zero-order valence-corrected chi connectivity index (χ0v) is 12.6. The van der Waals surface area contributed by atoms with Gasteiger partial charge in [-0.25, -0.2) is 9.37 Å². The van der Waals surface area contributed by atoms with Gasteiger partial charge in [0.1, 0.15) is 11.3 Å². The van der Waals surface area contributed by atoms with Crippen LogP contribution < -0.4 is 5.56 Å². The molecular formula is C16H17FN4O. The molecule has 6 heteroatoms. The Morgan fingerprint density at radius 2 is 2.14 bits per heavy atom. The van der Waals surface area contributed by atoms with Crippen molar-refractivity contribution < 1.29 is 4.39 Å². The molecule has 0 saturated heterocycles. The van der Waals surface area contributed by atoms with Crippen LogP contribution in [0.25, 0.3) is 10.9 Å². The molecule has 1 N–H and O–H groups in total. The van der Waals surface area contributed by atoms with E-state index < -0.39 is 5.82 Å². The van der Waals surface area contributed by atoms with E-state index in [4.69, 9.17) is 0 Å². The molecule has 2 aromatic heterocycles. The SMILES string of the molecule is Cc1n[nH]c(C)c1CCCn1cnc2c(F)cccc2c1=O.